The zero-order chi connectivity index (χ0) is 14.1. The molecule has 2 aliphatic heterocycles. The molecule has 3 unspecified atom stereocenters. The Morgan fingerprint density at radius 1 is 1.40 bits per heavy atom. The molecule has 2 aliphatic rings. The fourth-order valence-corrected chi connectivity index (χ4v) is 4.05. The highest BCUT2D eigenvalue weighted by molar-refractivity contribution is 5.67. The zero-order valence-electron chi connectivity index (χ0n) is 11.8. The first-order valence-corrected chi connectivity index (χ1v) is 7.40. The summed E-state index contributed by atoms with van der Waals surface area (Å²) in [7, 11) is 0. The lowest BCUT2D eigenvalue weighted by Gasteiger charge is -2.42. The van der Waals surface area contributed by atoms with Gasteiger partial charge in [-0.1, -0.05) is 0 Å². The first-order valence-electron chi connectivity index (χ1n) is 7.40. The Morgan fingerprint density at radius 2 is 2.10 bits per heavy atom. The molecule has 2 bridgehead atoms. The highest BCUT2D eigenvalue weighted by Crippen LogP contribution is 2.43. The first-order chi connectivity index (χ1) is 9.65. The predicted molar refractivity (Wildman–Crippen MR) is 74.1 cm³/mol. The van der Waals surface area contributed by atoms with E-state index < -0.39 is 5.97 Å². The lowest BCUT2D eigenvalue weighted by atomic mass is 9.87. The number of rotatable bonds is 4. The van der Waals surface area contributed by atoms with Gasteiger partial charge in [-0.3, -0.25) is 19.7 Å². The lowest BCUT2D eigenvalue weighted by Crippen LogP contribution is -2.44. The van der Waals surface area contributed by atoms with Crippen LogP contribution >= 0.6 is 0 Å². The molecular formula is C15H21N3O2. The van der Waals surface area contributed by atoms with E-state index in [1.54, 1.807) is 12.4 Å². The molecule has 0 aromatic carbocycles. The summed E-state index contributed by atoms with van der Waals surface area (Å²) < 4.78 is 0. The molecule has 108 valence electrons. The molecule has 20 heavy (non-hydrogen) atoms. The molecule has 1 aromatic rings. The number of fused-ring (bicyclic) bond motifs is 2. The monoisotopic (exact) mass is 275 g/mol. The van der Waals surface area contributed by atoms with E-state index in [1.165, 1.54) is 12.8 Å². The third-order valence-electron chi connectivity index (χ3n) is 4.81. The highest BCUT2D eigenvalue weighted by Gasteiger charge is 2.43. The molecule has 0 aliphatic carbocycles. The largest absolute Gasteiger partial charge is 0.481 e. The van der Waals surface area contributed by atoms with E-state index in [9.17, 15) is 4.79 Å². The summed E-state index contributed by atoms with van der Waals surface area (Å²) in [5, 5.41) is 8.98. The molecule has 3 rings (SSSR count). The number of aliphatic carboxylic acids is 1. The van der Waals surface area contributed by atoms with E-state index in [2.05, 4.69) is 21.8 Å². The number of carboxylic acids is 1. The van der Waals surface area contributed by atoms with Crippen LogP contribution in [0.3, 0.4) is 0 Å². The number of carbonyl (C=O) groups is 1. The minimum Gasteiger partial charge on any atom is -0.481 e. The number of carboxylic acid groups (broad SMARTS) is 1. The average molecular weight is 275 g/mol. The molecule has 2 fully saturated rings. The third-order valence-corrected chi connectivity index (χ3v) is 4.81. The van der Waals surface area contributed by atoms with Crippen LogP contribution in [0.5, 0.6) is 0 Å². The van der Waals surface area contributed by atoms with Crippen molar-refractivity contribution in [1.29, 1.82) is 0 Å². The van der Waals surface area contributed by atoms with E-state index >= 15 is 0 Å². The maximum Gasteiger partial charge on any atom is 0.303 e. The fraction of sp³-hybridized carbons (Fsp3) is 0.667. The third kappa shape index (κ3) is 2.54. The fourth-order valence-electron chi connectivity index (χ4n) is 4.05. The highest BCUT2D eigenvalue weighted by atomic mass is 16.4. The molecule has 0 amide bonds. The number of nitrogens with zero attached hydrogens (tertiary/aromatic N) is 3. The number of hydrogen-bond donors (Lipinski definition) is 1. The molecule has 2 saturated heterocycles. The first kappa shape index (κ1) is 13.5. The quantitative estimate of drug-likeness (QED) is 0.913. The number of aromatic nitrogens is 2. The summed E-state index contributed by atoms with van der Waals surface area (Å²) in [6.45, 7) is 2.19. The van der Waals surface area contributed by atoms with E-state index in [0.717, 1.165) is 18.5 Å². The van der Waals surface area contributed by atoms with E-state index in [1.807, 2.05) is 6.20 Å². The Balaban J connectivity index is 1.72. The van der Waals surface area contributed by atoms with Gasteiger partial charge in [-0.05, 0) is 38.5 Å². The maximum atomic E-state index is 10.9. The van der Waals surface area contributed by atoms with Crippen LogP contribution in [0.2, 0.25) is 0 Å². The number of piperidine rings is 1. The number of hydrogen-bond acceptors (Lipinski definition) is 4. The van der Waals surface area contributed by atoms with Gasteiger partial charge >= 0.3 is 5.97 Å². The molecule has 0 radical (unpaired) electrons. The van der Waals surface area contributed by atoms with Crippen molar-refractivity contribution in [2.45, 2.75) is 57.2 Å². The minimum absolute atomic E-state index is 0.270. The molecule has 5 nitrogen and oxygen atoms in total. The van der Waals surface area contributed by atoms with Crippen LogP contribution in [0.4, 0.5) is 0 Å². The van der Waals surface area contributed by atoms with Gasteiger partial charge in [0.15, 0.2) is 0 Å². The summed E-state index contributed by atoms with van der Waals surface area (Å²) >= 11 is 0. The Hall–Kier alpha value is -1.49. The zero-order valence-corrected chi connectivity index (χ0v) is 11.8. The summed E-state index contributed by atoms with van der Waals surface area (Å²) in [6.07, 6.45) is 9.99. The van der Waals surface area contributed by atoms with Gasteiger partial charge in [-0.25, -0.2) is 0 Å². The van der Waals surface area contributed by atoms with Crippen LogP contribution in [0.1, 0.15) is 50.8 Å². The standard InChI is InChI=1S/C15H21N3O2/c1-10(14-9-16-4-5-17-14)18-12-2-3-13(18)7-11(6-12)8-15(19)20/h4-5,9-13H,2-3,6-8H2,1H3,(H,19,20). The normalized spacial score (nSPS) is 31.1. The second-order valence-electron chi connectivity index (χ2n) is 6.07. The van der Waals surface area contributed by atoms with E-state index in [-0.39, 0.29) is 6.04 Å². The van der Waals surface area contributed by atoms with Gasteiger partial charge in [-0.2, -0.15) is 0 Å². The summed E-state index contributed by atoms with van der Waals surface area (Å²) in [6, 6.07) is 1.29. The summed E-state index contributed by atoms with van der Waals surface area (Å²) in [5.74, 6) is -0.319. The van der Waals surface area contributed by atoms with Crippen molar-refractivity contribution in [3.8, 4) is 0 Å². The van der Waals surface area contributed by atoms with Gasteiger partial charge in [0.2, 0.25) is 0 Å². The average Bonchev–Trinajstić information content (AvgIpc) is 2.70. The SMILES string of the molecule is CC(c1cnccn1)N1C2CCC1CC(CC(=O)O)C2. The molecule has 0 spiro atoms. The van der Waals surface area contributed by atoms with Crippen molar-refractivity contribution in [1.82, 2.24) is 14.9 Å². The molecule has 5 heteroatoms. The van der Waals surface area contributed by atoms with Crippen molar-refractivity contribution >= 4 is 5.97 Å². The second-order valence-corrected chi connectivity index (χ2v) is 6.07. The van der Waals surface area contributed by atoms with Crippen molar-refractivity contribution in [2.24, 2.45) is 5.92 Å². The van der Waals surface area contributed by atoms with Gasteiger partial charge in [0.1, 0.15) is 0 Å². The van der Waals surface area contributed by atoms with Crippen molar-refractivity contribution < 1.29 is 9.90 Å². The van der Waals surface area contributed by atoms with E-state index in [4.69, 9.17) is 5.11 Å². The maximum absolute atomic E-state index is 10.9. The van der Waals surface area contributed by atoms with Crippen LogP contribution in [-0.4, -0.2) is 38.0 Å². The molecular weight excluding hydrogens is 254 g/mol. The van der Waals surface area contributed by atoms with Crippen LogP contribution in [0, 0.1) is 5.92 Å². The van der Waals surface area contributed by atoms with Crippen LogP contribution in [0.25, 0.3) is 0 Å². The van der Waals surface area contributed by atoms with Crippen molar-refractivity contribution in [3.63, 3.8) is 0 Å². The minimum atomic E-state index is -0.662. The van der Waals surface area contributed by atoms with Gasteiger partial charge in [0.25, 0.3) is 0 Å². The molecule has 3 atom stereocenters. The molecule has 1 N–H and O–H groups in total. The van der Waals surface area contributed by atoms with Crippen LogP contribution < -0.4 is 0 Å². The smallest absolute Gasteiger partial charge is 0.303 e. The van der Waals surface area contributed by atoms with E-state index in [0.29, 0.717) is 24.4 Å². The Morgan fingerprint density at radius 3 is 2.65 bits per heavy atom. The Kier molecular flexibility index (Phi) is 3.70. The van der Waals surface area contributed by atoms with Crippen molar-refractivity contribution in [3.05, 3.63) is 24.3 Å². The predicted octanol–water partition coefficient (Wildman–Crippen LogP) is 2.26. The molecule has 0 saturated carbocycles. The molecule has 3 heterocycles. The topological polar surface area (TPSA) is 66.3 Å². The van der Waals surface area contributed by atoms with Crippen molar-refractivity contribution in [2.75, 3.05) is 0 Å². The van der Waals surface area contributed by atoms with Gasteiger partial charge in [0.05, 0.1) is 11.7 Å². The van der Waals surface area contributed by atoms with Gasteiger partial charge in [-0.15, -0.1) is 0 Å². The second kappa shape index (κ2) is 5.48. The van der Waals surface area contributed by atoms with Gasteiger partial charge in [0, 0.05) is 37.1 Å². The Labute approximate surface area is 119 Å². The summed E-state index contributed by atoms with van der Waals surface area (Å²) in [5.41, 5.74) is 1.01. The van der Waals surface area contributed by atoms with Crippen LogP contribution in [0.15, 0.2) is 18.6 Å². The van der Waals surface area contributed by atoms with Crippen LogP contribution in [-0.2, 0) is 4.79 Å². The van der Waals surface area contributed by atoms with Gasteiger partial charge < -0.3 is 5.11 Å². The Bertz CT molecular complexity index is 465. The lowest BCUT2D eigenvalue weighted by molar-refractivity contribution is -0.138. The summed E-state index contributed by atoms with van der Waals surface area (Å²) in [4.78, 5) is 22.0. The molecule has 1 aromatic heterocycles.